The van der Waals surface area contributed by atoms with Crippen molar-refractivity contribution in [3.8, 4) is 6.07 Å². The van der Waals surface area contributed by atoms with Gasteiger partial charge in [0.1, 0.15) is 5.82 Å². The van der Waals surface area contributed by atoms with E-state index in [1.54, 1.807) is 19.1 Å². The Labute approximate surface area is 151 Å². The van der Waals surface area contributed by atoms with Gasteiger partial charge in [-0.25, -0.2) is 4.39 Å². The molecule has 25 heavy (non-hydrogen) atoms. The maximum absolute atomic E-state index is 14.2. The largest absolute Gasteiger partial charge is 0.293 e. The van der Waals surface area contributed by atoms with Crippen LogP contribution in [0.15, 0.2) is 48.5 Å². The molecule has 0 heterocycles. The molecule has 0 aliphatic rings. The zero-order valence-corrected chi connectivity index (χ0v) is 15.8. The average Bonchev–Trinajstić information content (AvgIpc) is 2.68. The van der Waals surface area contributed by atoms with Gasteiger partial charge in [-0.2, -0.15) is 5.26 Å². The van der Waals surface area contributed by atoms with E-state index in [4.69, 9.17) is 5.26 Å². The molecule has 2 aromatic rings. The van der Waals surface area contributed by atoms with Gasteiger partial charge in [-0.15, -0.1) is 0 Å². The number of hydrogen-bond donors (Lipinski definition) is 0. The van der Waals surface area contributed by atoms with Crippen LogP contribution in [0.1, 0.15) is 67.9 Å². The minimum absolute atomic E-state index is 0.0989. The van der Waals surface area contributed by atoms with Crippen LogP contribution in [-0.4, -0.2) is 5.78 Å². The van der Waals surface area contributed by atoms with E-state index in [0.717, 1.165) is 5.56 Å². The fourth-order valence-corrected chi connectivity index (χ4v) is 2.37. The number of Topliss-reactive ketones (excluding diaryl/α,β-unsaturated/α-hetero) is 1. The fraction of sp³-hybridized carbons (Fsp3) is 0.364. The normalized spacial score (nSPS) is 10.3. The van der Waals surface area contributed by atoms with Crippen LogP contribution in [0.4, 0.5) is 4.39 Å². The summed E-state index contributed by atoms with van der Waals surface area (Å²) >= 11 is 0. The number of hydrogen-bond acceptors (Lipinski definition) is 2. The van der Waals surface area contributed by atoms with Crippen LogP contribution in [-0.2, 0) is 0 Å². The molecule has 0 saturated heterocycles. The highest BCUT2D eigenvalue weighted by Gasteiger charge is 2.24. The van der Waals surface area contributed by atoms with Gasteiger partial charge in [0.25, 0.3) is 0 Å². The molecule has 2 rings (SSSR count). The smallest absolute Gasteiger partial charge is 0.173 e. The maximum atomic E-state index is 14.2. The highest BCUT2D eigenvalue weighted by atomic mass is 19.1. The molecule has 2 nitrogen and oxygen atoms in total. The standard InChI is InChI=1S/C18H16FNO.2C2H6/c1-13-7-5-10-16(17(13)19)18(21)15(11-6-12-20)14-8-3-2-4-9-14;2*1-2/h2-5,7-10,15H,6,11H2,1H3;2*1-2H3. The van der Waals surface area contributed by atoms with Crippen LogP contribution in [0.5, 0.6) is 0 Å². The number of aryl methyl sites for hydroxylation is 1. The number of nitrogens with zero attached hydrogens (tertiary/aromatic N) is 1. The van der Waals surface area contributed by atoms with E-state index in [9.17, 15) is 9.18 Å². The van der Waals surface area contributed by atoms with Crippen LogP contribution < -0.4 is 0 Å². The first-order valence-electron chi connectivity index (χ1n) is 8.86. The quantitative estimate of drug-likeness (QED) is 0.586. The van der Waals surface area contributed by atoms with Gasteiger partial charge < -0.3 is 0 Å². The van der Waals surface area contributed by atoms with Crippen molar-refractivity contribution in [2.45, 2.75) is 53.4 Å². The molecule has 0 amide bonds. The Balaban J connectivity index is 0.00000134. The van der Waals surface area contributed by atoms with Crippen LogP contribution in [0, 0.1) is 24.1 Å². The second kappa shape index (κ2) is 12.9. The van der Waals surface area contributed by atoms with Crippen molar-refractivity contribution in [2.75, 3.05) is 0 Å². The Morgan fingerprint density at radius 1 is 1.04 bits per heavy atom. The molecule has 134 valence electrons. The molecule has 2 aromatic carbocycles. The van der Waals surface area contributed by atoms with Crippen molar-refractivity contribution in [1.29, 1.82) is 5.26 Å². The summed E-state index contributed by atoms with van der Waals surface area (Å²) in [7, 11) is 0. The first kappa shape index (κ1) is 22.5. The number of benzene rings is 2. The van der Waals surface area contributed by atoms with Crippen molar-refractivity contribution in [3.63, 3.8) is 0 Å². The minimum atomic E-state index is -0.484. The van der Waals surface area contributed by atoms with E-state index >= 15 is 0 Å². The van der Waals surface area contributed by atoms with E-state index in [2.05, 4.69) is 6.07 Å². The number of ketones is 1. The third-order valence-electron chi connectivity index (χ3n) is 3.52. The van der Waals surface area contributed by atoms with Crippen LogP contribution >= 0.6 is 0 Å². The third-order valence-corrected chi connectivity index (χ3v) is 3.52. The van der Waals surface area contributed by atoms with Crippen molar-refractivity contribution in [3.05, 3.63) is 71.0 Å². The fourth-order valence-electron chi connectivity index (χ4n) is 2.37. The molecule has 0 fully saturated rings. The first-order chi connectivity index (χ1) is 12.1. The molecule has 1 unspecified atom stereocenters. The molecule has 0 saturated carbocycles. The number of carbonyl (C=O) groups is 1. The molecule has 0 aromatic heterocycles. The first-order valence-corrected chi connectivity index (χ1v) is 8.86. The van der Waals surface area contributed by atoms with Crippen LogP contribution in [0.3, 0.4) is 0 Å². The molecule has 3 heteroatoms. The van der Waals surface area contributed by atoms with Gasteiger partial charge in [-0.05, 0) is 30.5 Å². The predicted molar refractivity (Wildman–Crippen MR) is 102 cm³/mol. The second-order valence-corrected chi connectivity index (χ2v) is 4.96. The van der Waals surface area contributed by atoms with Crippen molar-refractivity contribution < 1.29 is 9.18 Å². The topological polar surface area (TPSA) is 40.9 Å². The molecule has 1 atom stereocenters. The lowest BCUT2D eigenvalue weighted by molar-refractivity contribution is 0.0951. The van der Waals surface area contributed by atoms with E-state index in [1.807, 2.05) is 58.0 Å². The lowest BCUT2D eigenvalue weighted by atomic mass is 9.86. The van der Waals surface area contributed by atoms with Gasteiger partial charge in [-0.1, -0.05) is 70.2 Å². The molecule has 0 aliphatic carbocycles. The zero-order valence-electron chi connectivity index (χ0n) is 15.8. The van der Waals surface area contributed by atoms with E-state index in [1.165, 1.54) is 6.07 Å². The van der Waals surface area contributed by atoms with E-state index < -0.39 is 11.7 Å². The summed E-state index contributed by atoms with van der Waals surface area (Å²) < 4.78 is 14.2. The van der Waals surface area contributed by atoms with Crippen molar-refractivity contribution in [1.82, 2.24) is 0 Å². The molecular weight excluding hydrogens is 313 g/mol. The third kappa shape index (κ3) is 6.51. The van der Waals surface area contributed by atoms with E-state index in [-0.39, 0.29) is 17.8 Å². The lowest BCUT2D eigenvalue weighted by Gasteiger charge is -2.16. The summed E-state index contributed by atoms with van der Waals surface area (Å²) in [6, 6.07) is 16.1. The molecule has 0 N–H and O–H groups in total. The lowest BCUT2D eigenvalue weighted by Crippen LogP contribution is -2.15. The minimum Gasteiger partial charge on any atom is -0.293 e. The maximum Gasteiger partial charge on any atom is 0.173 e. The summed E-state index contributed by atoms with van der Waals surface area (Å²) in [5.74, 6) is -1.22. The highest BCUT2D eigenvalue weighted by Crippen LogP contribution is 2.27. The SMILES string of the molecule is CC.CC.Cc1cccc(C(=O)C(CCC#N)c2ccccc2)c1F. The molecular formula is C22H28FNO. The molecule has 0 spiro atoms. The number of rotatable bonds is 5. The Bertz CT molecular complexity index is 674. The van der Waals surface area contributed by atoms with Crippen LogP contribution in [0.25, 0.3) is 0 Å². The number of nitriles is 1. The second-order valence-electron chi connectivity index (χ2n) is 4.96. The van der Waals surface area contributed by atoms with Gasteiger partial charge in [0.15, 0.2) is 5.78 Å². The summed E-state index contributed by atoms with van der Waals surface area (Å²) in [4.78, 5) is 12.7. The van der Waals surface area contributed by atoms with E-state index in [0.29, 0.717) is 12.0 Å². The Morgan fingerprint density at radius 3 is 2.20 bits per heavy atom. The summed E-state index contributed by atoms with van der Waals surface area (Å²) in [6.07, 6.45) is 0.658. The van der Waals surface area contributed by atoms with Gasteiger partial charge in [0, 0.05) is 12.3 Å². The number of halogens is 1. The van der Waals surface area contributed by atoms with Gasteiger partial charge in [0.05, 0.1) is 11.6 Å². The Hall–Kier alpha value is -2.47. The average molecular weight is 341 g/mol. The summed E-state index contributed by atoms with van der Waals surface area (Å²) in [6.45, 7) is 9.64. The van der Waals surface area contributed by atoms with Crippen molar-refractivity contribution >= 4 is 5.78 Å². The monoisotopic (exact) mass is 341 g/mol. The summed E-state index contributed by atoms with van der Waals surface area (Å²) in [5.41, 5.74) is 1.37. The molecule has 0 radical (unpaired) electrons. The Kier molecular flexibility index (Phi) is 11.6. The molecule has 0 aliphatic heterocycles. The highest BCUT2D eigenvalue weighted by molar-refractivity contribution is 6.01. The van der Waals surface area contributed by atoms with Gasteiger partial charge >= 0.3 is 0 Å². The number of carbonyl (C=O) groups excluding carboxylic acids is 1. The zero-order chi connectivity index (χ0) is 19.2. The predicted octanol–water partition coefficient (Wildman–Crippen LogP) is 6.46. The summed E-state index contributed by atoms with van der Waals surface area (Å²) in [5, 5.41) is 8.78. The Morgan fingerprint density at radius 2 is 1.64 bits per heavy atom. The van der Waals surface area contributed by atoms with Crippen molar-refractivity contribution in [2.24, 2.45) is 0 Å². The van der Waals surface area contributed by atoms with Gasteiger partial charge in [-0.3, -0.25) is 4.79 Å². The molecule has 0 bridgehead atoms. The van der Waals surface area contributed by atoms with Gasteiger partial charge in [0.2, 0.25) is 0 Å². The van der Waals surface area contributed by atoms with Crippen LogP contribution in [0.2, 0.25) is 0 Å².